The molecule has 0 aliphatic heterocycles. The Morgan fingerprint density at radius 1 is 1.00 bits per heavy atom. The molecule has 1 N–H and O–H groups in total. The van der Waals surface area contributed by atoms with E-state index < -0.39 is 0 Å². The maximum atomic E-state index is 4.12. The van der Waals surface area contributed by atoms with Gasteiger partial charge in [-0.1, -0.05) is 82.8 Å². The van der Waals surface area contributed by atoms with Crippen molar-refractivity contribution in [1.82, 2.24) is 10.2 Å². The Morgan fingerprint density at radius 3 is 2.28 bits per heavy atom. The number of hydrogen-bond donors (Lipinski definition) is 1. The summed E-state index contributed by atoms with van der Waals surface area (Å²) >= 11 is 0. The fraction of sp³-hybridized carbons (Fsp3) is 0.455. The second-order valence-corrected chi connectivity index (χ2v) is 9.22. The lowest BCUT2D eigenvalue weighted by Gasteiger charge is -2.21. The van der Waals surface area contributed by atoms with Crippen molar-refractivity contribution in [2.45, 2.75) is 66.3 Å². The molecule has 0 unspecified atom stereocenters. The van der Waals surface area contributed by atoms with Gasteiger partial charge >= 0.3 is 0 Å². The lowest BCUT2D eigenvalue weighted by atomic mass is 10.0. The molecule has 0 radical (unpaired) electrons. The summed E-state index contributed by atoms with van der Waals surface area (Å²) in [7, 11) is 4.17. The van der Waals surface area contributed by atoms with E-state index in [1.54, 1.807) is 0 Å². The lowest BCUT2D eigenvalue weighted by Crippen LogP contribution is -2.16. The van der Waals surface area contributed by atoms with E-state index in [0.717, 1.165) is 45.4 Å². The summed E-state index contributed by atoms with van der Waals surface area (Å²) in [6.45, 7) is 20.7. The normalized spacial score (nSPS) is 10.9. The first-order valence-corrected chi connectivity index (χ1v) is 13.7. The Bertz CT molecular complexity index is 911. The molecule has 198 valence electrons. The molecule has 0 fully saturated rings. The maximum Gasteiger partial charge on any atom is 0.0426 e. The largest absolute Gasteiger partial charge is 0.378 e. The van der Waals surface area contributed by atoms with Crippen molar-refractivity contribution in [3.05, 3.63) is 90.7 Å². The highest BCUT2D eigenvalue weighted by Crippen LogP contribution is 2.25. The average molecular weight is 490 g/mol. The average Bonchev–Trinajstić information content (AvgIpc) is 2.92. The quantitative estimate of drug-likeness (QED) is 0.271. The highest BCUT2D eigenvalue weighted by atomic mass is 15.1. The van der Waals surface area contributed by atoms with Crippen molar-refractivity contribution in [3.63, 3.8) is 0 Å². The van der Waals surface area contributed by atoms with Gasteiger partial charge in [-0.3, -0.25) is 0 Å². The molecule has 0 saturated heterocycles. The van der Waals surface area contributed by atoms with Crippen molar-refractivity contribution in [1.29, 1.82) is 0 Å². The van der Waals surface area contributed by atoms with E-state index in [9.17, 15) is 0 Å². The molecule has 36 heavy (non-hydrogen) atoms. The smallest absolute Gasteiger partial charge is 0.0426 e. The molecule has 0 aliphatic rings. The van der Waals surface area contributed by atoms with E-state index in [-0.39, 0.29) is 0 Å². The number of nitrogens with zero attached hydrogens (tertiary/aromatic N) is 2. The van der Waals surface area contributed by atoms with Crippen LogP contribution in [0.25, 0.3) is 11.1 Å². The maximum absolute atomic E-state index is 4.12. The number of rotatable bonds is 15. The van der Waals surface area contributed by atoms with Gasteiger partial charge in [0.1, 0.15) is 0 Å². The first-order chi connectivity index (χ1) is 17.4. The van der Waals surface area contributed by atoms with E-state index in [4.69, 9.17) is 0 Å². The van der Waals surface area contributed by atoms with Crippen LogP contribution in [0.5, 0.6) is 0 Å². The molecule has 2 aromatic carbocycles. The van der Waals surface area contributed by atoms with E-state index in [1.807, 2.05) is 13.2 Å². The first kappa shape index (κ1) is 31.3. The molecule has 0 amide bonds. The zero-order valence-electron chi connectivity index (χ0n) is 23.9. The van der Waals surface area contributed by atoms with Crippen LogP contribution in [0, 0.1) is 0 Å². The molecule has 0 aromatic heterocycles. The summed E-state index contributed by atoms with van der Waals surface area (Å²) in [6.07, 6.45) is 9.91. The SMILES string of the molecule is C=C(CC)c1ccc(CN(C)c2cccc(/C(=C/CC)CCNC)c2)cc1.C=CN(CC)CCCC. The monoisotopic (exact) mass is 489 g/mol. The molecular weight excluding hydrogens is 438 g/mol. The van der Waals surface area contributed by atoms with Gasteiger partial charge in [-0.25, -0.2) is 0 Å². The van der Waals surface area contributed by atoms with Gasteiger partial charge in [-0.15, -0.1) is 0 Å². The fourth-order valence-corrected chi connectivity index (χ4v) is 3.97. The molecule has 2 aromatic rings. The molecule has 0 aliphatic carbocycles. The van der Waals surface area contributed by atoms with Gasteiger partial charge in [0.25, 0.3) is 0 Å². The second-order valence-electron chi connectivity index (χ2n) is 9.22. The number of benzene rings is 2. The minimum atomic E-state index is 0.895. The number of hydrogen-bond acceptors (Lipinski definition) is 3. The fourth-order valence-electron chi connectivity index (χ4n) is 3.97. The molecule has 0 heterocycles. The highest BCUT2D eigenvalue weighted by molar-refractivity contribution is 5.69. The van der Waals surface area contributed by atoms with Crippen LogP contribution in [0.1, 0.15) is 76.5 Å². The van der Waals surface area contributed by atoms with Crippen LogP contribution in [0.15, 0.2) is 74.0 Å². The van der Waals surface area contributed by atoms with Gasteiger partial charge in [0.15, 0.2) is 0 Å². The van der Waals surface area contributed by atoms with Crippen LogP contribution >= 0.6 is 0 Å². The number of anilines is 1. The van der Waals surface area contributed by atoms with Crippen LogP contribution in [0.2, 0.25) is 0 Å². The van der Waals surface area contributed by atoms with Crippen molar-refractivity contribution >= 4 is 16.8 Å². The Labute approximate surface area is 222 Å². The standard InChI is InChI=1S/C25H34N2.C8H17N/c1-6-9-23(16-17-26-4)24-10-8-11-25(18-24)27(5)19-21-12-14-22(15-13-21)20(3)7-2;1-4-7-8-9(5-2)6-3/h8-15,18,26H,3,6-7,16-17,19H2,1-2,4-5H3;5H,2,4,6-8H2,1,3H3/b23-9+;. The Morgan fingerprint density at radius 2 is 1.72 bits per heavy atom. The minimum absolute atomic E-state index is 0.895. The molecule has 0 spiro atoms. The molecule has 0 saturated carbocycles. The summed E-state index contributed by atoms with van der Waals surface area (Å²) in [5, 5.41) is 3.26. The summed E-state index contributed by atoms with van der Waals surface area (Å²) in [4.78, 5) is 4.54. The molecule has 0 bridgehead atoms. The van der Waals surface area contributed by atoms with Gasteiger partial charge < -0.3 is 15.1 Å². The van der Waals surface area contributed by atoms with Gasteiger partial charge in [0, 0.05) is 32.4 Å². The van der Waals surface area contributed by atoms with E-state index >= 15 is 0 Å². The van der Waals surface area contributed by atoms with Crippen LogP contribution in [-0.4, -0.2) is 38.6 Å². The topological polar surface area (TPSA) is 18.5 Å². The summed E-state index contributed by atoms with van der Waals surface area (Å²) < 4.78 is 0. The van der Waals surface area contributed by atoms with Gasteiger partial charge in [-0.05, 0) is 92.4 Å². The molecule has 0 atom stereocenters. The van der Waals surface area contributed by atoms with Crippen molar-refractivity contribution in [2.24, 2.45) is 0 Å². The van der Waals surface area contributed by atoms with E-state index in [0.29, 0.717) is 0 Å². The Kier molecular flexibility index (Phi) is 16.0. The van der Waals surface area contributed by atoms with E-state index in [2.05, 4.69) is 118 Å². The Hall–Kier alpha value is -2.78. The van der Waals surface area contributed by atoms with Crippen molar-refractivity contribution < 1.29 is 0 Å². The predicted molar refractivity (Wildman–Crippen MR) is 163 cm³/mol. The second kappa shape index (κ2) is 18.5. The van der Waals surface area contributed by atoms with Crippen LogP contribution in [0.3, 0.4) is 0 Å². The highest BCUT2D eigenvalue weighted by Gasteiger charge is 2.07. The molecular formula is C33H51N3. The lowest BCUT2D eigenvalue weighted by molar-refractivity contribution is 0.388. The summed E-state index contributed by atoms with van der Waals surface area (Å²) in [6, 6.07) is 17.7. The number of nitrogens with one attached hydrogen (secondary N) is 1. The number of allylic oxidation sites excluding steroid dienone is 2. The number of unbranched alkanes of at least 4 members (excludes halogenated alkanes) is 1. The van der Waals surface area contributed by atoms with Gasteiger partial charge in [0.05, 0.1) is 0 Å². The van der Waals surface area contributed by atoms with Gasteiger partial charge in [0.2, 0.25) is 0 Å². The third-order valence-corrected chi connectivity index (χ3v) is 6.42. The van der Waals surface area contributed by atoms with E-state index in [1.165, 1.54) is 46.4 Å². The van der Waals surface area contributed by atoms with Crippen LogP contribution in [0.4, 0.5) is 5.69 Å². The van der Waals surface area contributed by atoms with Crippen LogP contribution in [-0.2, 0) is 6.54 Å². The predicted octanol–water partition coefficient (Wildman–Crippen LogP) is 8.40. The molecule has 2 rings (SSSR count). The van der Waals surface area contributed by atoms with Crippen molar-refractivity contribution in [2.75, 3.05) is 38.6 Å². The molecule has 3 nitrogen and oxygen atoms in total. The first-order valence-electron chi connectivity index (χ1n) is 13.7. The van der Waals surface area contributed by atoms with Crippen molar-refractivity contribution in [3.8, 4) is 0 Å². The van der Waals surface area contributed by atoms with Crippen LogP contribution < -0.4 is 10.2 Å². The summed E-state index contributed by atoms with van der Waals surface area (Å²) in [5.74, 6) is 0. The third kappa shape index (κ3) is 11.3. The molecule has 3 heteroatoms. The third-order valence-electron chi connectivity index (χ3n) is 6.42. The minimum Gasteiger partial charge on any atom is -0.378 e. The summed E-state index contributed by atoms with van der Waals surface area (Å²) in [5.41, 5.74) is 7.75. The zero-order chi connectivity index (χ0) is 26.8. The Balaban J connectivity index is 0.000000613. The van der Waals surface area contributed by atoms with Gasteiger partial charge in [-0.2, -0.15) is 0 Å². The zero-order valence-corrected chi connectivity index (χ0v) is 23.9.